The first kappa shape index (κ1) is 18.2. The SMILES string of the molecule is CC[C@@H](C)NC(=O)C1CCN(S(=O)(=O)c2cccc3nsnc23)CC1. The molecule has 1 aliphatic heterocycles. The highest BCUT2D eigenvalue weighted by Gasteiger charge is 2.33. The van der Waals surface area contributed by atoms with Crippen molar-refractivity contribution in [2.24, 2.45) is 5.92 Å². The Morgan fingerprint density at radius 3 is 2.76 bits per heavy atom. The molecule has 0 spiro atoms. The highest BCUT2D eigenvalue weighted by atomic mass is 32.2. The number of amides is 1. The van der Waals surface area contributed by atoms with Crippen molar-refractivity contribution in [1.29, 1.82) is 0 Å². The van der Waals surface area contributed by atoms with Gasteiger partial charge in [-0.25, -0.2) is 8.42 Å². The van der Waals surface area contributed by atoms with E-state index in [1.165, 1.54) is 4.31 Å². The van der Waals surface area contributed by atoms with Crippen LogP contribution < -0.4 is 5.32 Å². The molecular weight excluding hydrogens is 360 g/mol. The normalized spacial score (nSPS) is 18.3. The van der Waals surface area contributed by atoms with E-state index >= 15 is 0 Å². The second-order valence-electron chi connectivity index (χ2n) is 6.38. The van der Waals surface area contributed by atoms with Crippen molar-refractivity contribution in [3.63, 3.8) is 0 Å². The fraction of sp³-hybridized carbons (Fsp3) is 0.562. The van der Waals surface area contributed by atoms with Crippen LogP contribution in [0.25, 0.3) is 11.0 Å². The van der Waals surface area contributed by atoms with Crippen LogP contribution in [-0.4, -0.2) is 46.5 Å². The number of fused-ring (bicyclic) bond motifs is 1. The summed E-state index contributed by atoms with van der Waals surface area (Å²) in [5.41, 5.74) is 1.01. The predicted molar refractivity (Wildman–Crippen MR) is 96.8 cm³/mol. The molecule has 7 nitrogen and oxygen atoms in total. The summed E-state index contributed by atoms with van der Waals surface area (Å²) in [4.78, 5) is 12.4. The molecule has 25 heavy (non-hydrogen) atoms. The van der Waals surface area contributed by atoms with Crippen molar-refractivity contribution >= 4 is 38.7 Å². The monoisotopic (exact) mass is 382 g/mol. The van der Waals surface area contributed by atoms with Crippen molar-refractivity contribution in [2.75, 3.05) is 13.1 Å². The van der Waals surface area contributed by atoms with E-state index in [9.17, 15) is 13.2 Å². The van der Waals surface area contributed by atoms with E-state index in [1.807, 2.05) is 13.8 Å². The third-order valence-corrected chi connectivity index (χ3v) is 7.17. The molecule has 1 aromatic carbocycles. The van der Waals surface area contributed by atoms with Crippen molar-refractivity contribution in [3.8, 4) is 0 Å². The molecule has 1 atom stereocenters. The highest BCUT2D eigenvalue weighted by molar-refractivity contribution is 7.89. The molecule has 0 aliphatic carbocycles. The zero-order valence-corrected chi connectivity index (χ0v) is 15.9. The zero-order chi connectivity index (χ0) is 18.0. The summed E-state index contributed by atoms with van der Waals surface area (Å²) >= 11 is 1.01. The number of hydrogen-bond donors (Lipinski definition) is 1. The lowest BCUT2D eigenvalue weighted by molar-refractivity contribution is -0.126. The molecule has 0 bridgehead atoms. The van der Waals surface area contributed by atoms with Gasteiger partial charge in [-0.2, -0.15) is 13.1 Å². The molecule has 1 N–H and O–H groups in total. The summed E-state index contributed by atoms with van der Waals surface area (Å²) in [6.45, 7) is 4.68. The number of benzene rings is 1. The second kappa shape index (κ2) is 7.35. The average Bonchev–Trinajstić information content (AvgIpc) is 3.10. The molecule has 1 aromatic heterocycles. The molecule has 136 valence electrons. The number of rotatable bonds is 5. The molecule has 2 aromatic rings. The van der Waals surface area contributed by atoms with Gasteiger partial charge in [0.25, 0.3) is 0 Å². The molecule has 0 radical (unpaired) electrons. The van der Waals surface area contributed by atoms with Gasteiger partial charge in [0.05, 0.1) is 11.7 Å². The van der Waals surface area contributed by atoms with Crippen LogP contribution in [0, 0.1) is 5.92 Å². The molecule has 1 aliphatic rings. The fourth-order valence-electron chi connectivity index (χ4n) is 2.95. The number of carbonyl (C=O) groups is 1. The van der Waals surface area contributed by atoms with Gasteiger partial charge in [-0.15, -0.1) is 0 Å². The van der Waals surface area contributed by atoms with Crippen LogP contribution in [0.15, 0.2) is 23.1 Å². The van der Waals surface area contributed by atoms with Crippen LogP contribution in [0.2, 0.25) is 0 Å². The number of sulfonamides is 1. The van der Waals surface area contributed by atoms with E-state index in [-0.39, 0.29) is 22.8 Å². The molecule has 3 rings (SSSR count). The molecule has 0 unspecified atom stereocenters. The number of hydrogen-bond acceptors (Lipinski definition) is 6. The Hall–Kier alpha value is -1.58. The Morgan fingerprint density at radius 2 is 2.08 bits per heavy atom. The van der Waals surface area contributed by atoms with E-state index in [4.69, 9.17) is 0 Å². The average molecular weight is 383 g/mol. The smallest absolute Gasteiger partial charge is 0.245 e. The van der Waals surface area contributed by atoms with E-state index < -0.39 is 10.0 Å². The predicted octanol–water partition coefficient (Wildman–Crippen LogP) is 2.01. The van der Waals surface area contributed by atoms with Gasteiger partial charge in [-0.3, -0.25) is 4.79 Å². The standard InChI is InChI=1S/C16H22N4O3S2/c1-3-11(2)17-16(21)12-7-9-20(10-8-12)25(22,23)14-6-4-5-13-15(14)19-24-18-13/h4-6,11-12H,3,7-10H2,1-2H3,(H,17,21)/t11-/m1/s1. The van der Waals surface area contributed by atoms with E-state index in [2.05, 4.69) is 14.1 Å². The van der Waals surface area contributed by atoms with Gasteiger partial charge in [0.1, 0.15) is 15.9 Å². The van der Waals surface area contributed by atoms with Crippen LogP contribution in [0.3, 0.4) is 0 Å². The summed E-state index contributed by atoms with van der Waals surface area (Å²) < 4.78 is 35.6. The maximum atomic E-state index is 13.0. The highest BCUT2D eigenvalue weighted by Crippen LogP contribution is 2.28. The zero-order valence-electron chi connectivity index (χ0n) is 14.3. The first-order valence-corrected chi connectivity index (χ1v) is 10.6. The largest absolute Gasteiger partial charge is 0.353 e. The first-order valence-electron chi connectivity index (χ1n) is 8.45. The minimum atomic E-state index is -3.63. The van der Waals surface area contributed by atoms with Gasteiger partial charge >= 0.3 is 0 Å². The van der Waals surface area contributed by atoms with E-state index in [0.717, 1.165) is 18.1 Å². The summed E-state index contributed by atoms with van der Waals surface area (Å²) in [6, 6.07) is 5.15. The quantitative estimate of drug-likeness (QED) is 0.854. The molecule has 1 saturated heterocycles. The third kappa shape index (κ3) is 3.68. The summed E-state index contributed by atoms with van der Waals surface area (Å²) in [6.07, 6.45) is 1.95. The Balaban J connectivity index is 1.72. The minimum absolute atomic E-state index is 0.0252. The molecular formula is C16H22N4O3S2. The molecule has 1 fully saturated rings. The number of carbonyl (C=O) groups excluding carboxylic acids is 1. The summed E-state index contributed by atoms with van der Waals surface area (Å²) in [5, 5.41) is 2.98. The summed E-state index contributed by atoms with van der Waals surface area (Å²) in [7, 11) is -3.63. The van der Waals surface area contributed by atoms with Gasteiger partial charge in [0.15, 0.2) is 0 Å². The van der Waals surface area contributed by atoms with Gasteiger partial charge in [0.2, 0.25) is 15.9 Å². The molecule has 2 heterocycles. The maximum absolute atomic E-state index is 13.0. The van der Waals surface area contributed by atoms with Crippen LogP contribution in [-0.2, 0) is 14.8 Å². The third-order valence-electron chi connectivity index (χ3n) is 4.69. The van der Waals surface area contributed by atoms with Crippen molar-refractivity contribution in [3.05, 3.63) is 18.2 Å². The van der Waals surface area contributed by atoms with Crippen molar-refractivity contribution in [1.82, 2.24) is 18.4 Å². The Labute approximate surface area is 151 Å². The number of aromatic nitrogens is 2. The molecule has 0 saturated carbocycles. The van der Waals surface area contributed by atoms with Crippen LogP contribution in [0.5, 0.6) is 0 Å². The van der Waals surface area contributed by atoms with Crippen LogP contribution in [0.1, 0.15) is 33.1 Å². The number of piperidine rings is 1. The van der Waals surface area contributed by atoms with Crippen molar-refractivity contribution in [2.45, 2.75) is 44.0 Å². The fourth-order valence-corrected chi connectivity index (χ4v) is 5.17. The lowest BCUT2D eigenvalue weighted by Gasteiger charge is -2.31. The van der Waals surface area contributed by atoms with Crippen LogP contribution >= 0.6 is 11.7 Å². The lowest BCUT2D eigenvalue weighted by Crippen LogP contribution is -2.44. The number of nitrogens with zero attached hydrogens (tertiary/aromatic N) is 3. The maximum Gasteiger partial charge on any atom is 0.245 e. The topological polar surface area (TPSA) is 92.3 Å². The number of nitrogens with one attached hydrogen (secondary N) is 1. The van der Waals surface area contributed by atoms with Gasteiger partial charge < -0.3 is 5.32 Å². The lowest BCUT2D eigenvalue weighted by atomic mass is 9.97. The Bertz CT molecular complexity index is 857. The van der Waals surface area contributed by atoms with E-state index in [1.54, 1.807) is 18.2 Å². The van der Waals surface area contributed by atoms with Gasteiger partial charge in [0, 0.05) is 25.0 Å². The van der Waals surface area contributed by atoms with E-state index in [0.29, 0.717) is 37.0 Å². The van der Waals surface area contributed by atoms with Crippen LogP contribution in [0.4, 0.5) is 0 Å². The Morgan fingerprint density at radius 1 is 1.36 bits per heavy atom. The minimum Gasteiger partial charge on any atom is -0.353 e. The Kier molecular flexibility index (Phi) is 5.35. The molecule has 9 heteroatoms. The van der Waals surface area contributed by atoms with Gasteiger partial charge in [-0.1, -0.05) is 13.0 Å². The van der Waals surface area contributed by atoms with Crippen molar-refractivity contribution < 1.29 is 13.2 Å². The summed E-state index contributed by atoms with van der Waals surface area (Å²) in [5.74, 6) is -0.102. The first-order chi connectivity index (χ1) is 11.9. The molecule has 1 amide bonds. The van der Waals surface area contributed by atoms with Gasteiger partial charge in [-0.05, 0) is 38.3 Å². The second-order valence-corrected chi connectivity index (χ2v) is 8.82.